The lowest BCUT2D eigenvalue weighted by Crippen LogP contribution is -2.49. The van der Waals surface area contributed by atoms with E-state index >= 15 is 0 Å². The van der Waals surface area contributed by atoms with E-state index in [1.54, 1.807) is 0 Å². The molecule has 2 rings (SSSR count). The number of hydrogen-bond donors (Lipinski definition) is 2. The molecule has 0 aromatic rings. The van der Waals surface area contributed by atoms with Crippen molar-refractivity contribution in [3.8, 4) is 0 Å². The van der Waals surface area contributed by atoms with Gasteiger partial charge < -0.3 is 15.4 Å². The minimum absolute atomic E-state index is 0.0816. The maximum atomic E-state index is 12.2. The maximum absolute atomic E-state index is 12.2. The summed E-state index contributed by atoms with van der Waals surface area (Å²) >= 11 is 0. The van der Waals surface area contributed by atoms with Crippen molar-refractivity contribution in [2.75, 3.05) is 13.1 Å². The monoisotopic (exact) mass is 254 g/mol. The van der Waals surface area contributed by atoms with Crippen LogP contribution in [0.2, 0.25) is 0 Å². The van der Waals surface area contributed by atoms with Gasteiger partial charge in [-0.25, -0.2) is 0 Å². The molecule has 18 heavy (non-hydrogen) atoms. The Bertz CT molecular complexity index is 259. The lowest BCUT2D eigenvalue weighted by Gasteiger charge is -2.27. The number of carbonyl (C=O) groups excluding carboxylic acids is 1. The van der Waals surface area contributed by atoms with Crippen LogP contribution in [-0.4, -0.2) is 37.2 Å². The molecule has 104 valence electrons. The van der Waals surface area contributed by atoms with Gasteiger partial charge in [-0.05, 0) is 38.6 Å². The van der Waals surface area contributed by atoms with Crippen LogP contribution in [0.1, 0.15) is 51.9 Å². The molecule has 0 bridgehead atoms. The highest BCUT2D eigenvalue weighted by molar-refractivity contribution is 5.81. The first-order chi connectivity index (χ1) is 8.79. The second-order valence-electron chi connectivity index (χ2n) is 5.49. The fraction of sp³-hybridized carbons (Fsp3) is 0.929. The molecule has 1 aliphatic carbocycles. The first-order valence-electron chi connectivity index (χ1n) is 7.46. The van der Waals surface area contributed by atoms with Crippen LogP contribution in [0, 0.1) is 0 Å². The first-order valence-corrected chi connectivity index (χ1v) is 7.46. The van der Waals surface area contributed by atoms with Gasteiger partial charge in [-0.15, -0.1) is 0 Å². The van der Waals surface area contributed by atoms with Crippen LogP contribution < -0.4 is 10.6 Å². The van der Waals surface area contributed by atoms with E-state index in [2.05, 4.69) is 10.6 Å². The Morgan fingerprint density at radius 3 is 2.72 bits per heavy atom. The summed E-state index contributed by atoms with van der Waals surface area (Å²) in [4.78, 5) is 12.2. The van der Waals surface area contributed by atoms with Gasteiger partial charge in [-0.3, -0.25) is 4.79 Å². The number of hydrogen-bond acceptors (Lipinski definition) is 3. The Labute approximate surface area is 110 Å². The predicted octanol–water partition coefficient (Wildman–Crippen LogP) is 1.59. The van der Waals surface area contributed by atoms with Crippen LogP contribution in [0.15, 0.2) is 0 Å². The quantitative estimate of drug-likeness (QED) is 0.783. The summed E-state index contributed by atoms with van der Waals surface area (Å²) in [5, 5.41) is 6.43. The molecule has 1 heterocycles. The standard InChI is InChI=1S/C14H26N2O2/c1-2-13(18-12-7-3-4-8-12)14(17)16-11-6-5-9-15-10-11/h11-13,15H,2-10H2,1H3,(H,16,17). The highest BCUT2D eigenvalue weighted by Gasteiger charge is 2.26. The van der Waals surface area contributed by atoms with Crippen LogP contribution in [0.5, 0.6) is 0 Å². The van der Waals surface area contributed by atoms with Gasteiger partial charge >= 0.3 is 0 Å². The summed E-state index contributed by atoms with van der Waals surface area (Å²) in [6.45, 7) is 3.99. The Kier molecular flexibility index (Phi) is 5.45. The summed E-state index contributed by atoms with van der Waals surface area (Å²) in [6, 6.07) is 0.285. The smallest absolute Gasteiger partial charge is 0.249 e. The van der Waals surface area contributed by atoms with E-state index in [1.807, 2.05) is 6.92 Å². The summed E-state index contributed by atoms with van der Waals surface area (Å²) in [6.07, 6.45) is 7.78. The molecule has 2 atom stereocenters. The van der Waals surface area contributed by atoms with E-state index in [1.165, 1.54) is 12.8 Å². The lowest BCUT2D eigenvalue weighted by atomic mass is 10.1. The van der Waals surface area contributed by atoms with Gasteiger partial charge in [-0.2, -0.15) is 0 Å². The fourth-order valence-electron chi connectivity index (χ4n) is 2.87. The van der Waals surface area contributed by atoms with Crippen LogP contribution in [0.3, 0.4) is 0 Å². The van der Waals surface area contributed by atoms with Gasteiger partial charge in [0, 0.05) is 12.6 Å². The molecule has 0 aromatic carbocycles. The number of ether oxygens (including phenoxy) is 1. The second-order valence-corrected chi connectivity index (χ2v) is 5.49. The zero-order chi connectivity index (χ0) is 12.8. The van der Waals surface area contributed by atoms with Crippen LogP contribution in [0.4, 0.5) is 0 Å². The average molecular weight is 254 g/mol. The van der Waals surface area contributed by atoms with Crippen LogP contribution in [-0.2, 0) is 9.53 Å². The molecule has 1 aliphatic heterocycles. The molecule has 4 nitrogen and oxygen atoms in total. The van der Waals surface area contributed by atoms with Crippen LogP contribution >= 0.6 is 0 Å². The first kappa shape index (κ1) is 13.8. The van der Waals surface area contributed by atoms with Gasteiger partial charge in [0.1, 0.15) is 6.10 Å². The topological polar surface area (TPSA) is 50.4 Å². The molecule has 2 N–H and O–H groups in total. The summed E-state index contributed by atoms with van der Waals surface area (Å²) < 4.78 is 5.93. The molecule has 0 aromatic heterocycles. The van der Waals surface area contributed by atoms with Gasteiger partial charge in [0.15, 0.2) is 0 Å². The molecule has 1 amide bonds. The molecular formula is C14H26N2O2. The van der Waals surface area contributed by atoms with E-state index in [4.69, 9.17) is 4.74 Å². The number of amides is 1. The molecule has 0 spiro atoms. The van der Waals surface area contributed by atoms with E-state index < -0.39 is 0 Å². The number of nitrogens with one attached hydrogen (secondary N) is 2. The zero-order valence-corrected chi connectivity index (χ0v) is 11.4. The minimum atomic E-state index is -0.255. The van der Waals surface area contributed by atoms with Crippen molar-refractivity contribution in [3.05, 3.63) is 0 Å². The molecular weight excluding hydrogens is 228 g/mol. The Morgan fingerprint density at radius 2 is 2.11 bits per heavy atom. The molecule has 4 heteroatoms. The lowest BCUT2D eigenvalue weighted by molar-refractivity contribution is -0.137. The molecule has 0 radical (unpaired) electrons. The van der Waals surface area contributed by atoms with E-state index in [9.17, 15) is 4.79 Å². The van der Waals surface area contributed by atoms with Crippen molar-refractivity contribution in [3.63, 3.8) is 0 Å². The van der Waals surface area contributed by atoms with Crippen molar-refractivity contribution in [2.45, 2.75) is 70.1 Å². The zero-order valence-electron chi connectivity index (χ0n) is 11.4. The predicted molar refractivity (Wildman–Crippen MR) is 71.5 cm³/mol. The van der Waals surface area contributed by atoms with Crippen LogP contribution in [0.25, 0.3) is 0 Å². The third kappa shape index (κ3) is 3.95. The highest BCUT2D eigenvalue weighted by Crippen LogP contribution is 2.23. The van der Waals surface area contributed by atoms with Crippen molar-refractivity contribution in [2.24, 2.45) is 0 Å². The third-order valence-corrected chi connectivity index (χ3v) is 3.97. The average Bonchev–Trinajstić information content (AvgIpc) is 2.90. The molecule has 1 saturated heterocycles. The van der Waals surface area contributed by atoms with Gasteiger partial charge in [0.05, 0.1) is 6.10 Å². The molecule has 2 aliphatic rings. The summed E-state index contributed by atoms with van der Waals surface area (Å²) in [7, 11) is 0. The Balaban J connectivity index is 1.76. The van der Waals surface area contributed by atoms with Gasteiger partial charge in [0.2, 0.25) is 5.91 Å². The Hall–Kier alpha value is -0.610. The third-order valence-electron chi connectivity index (χ3n) is 3.97. The summed E-state index contributed by atoms with van der Waals surface area (Å²) in [5.41, 5.74) is 0. The Morgan fingerprint density at radius 1 is 1.33 bits per heavy atom. The van der Waals surface area contributed by atoms with Gasteiger partial charge in [-0.1, -0.05) is 19.8 Å². The highest BCUT2D eigenvalue weighted by atomic mass is 16.5. The van der Waals surface area contributed by atoms with Crippen molar-refractivity contribution >= 4 is 5.91 Å². The van der Waals surface area contributed by atoms with E-state index in [0.717, 1.165) is 45.2 Å². The number of rotatable bonds is 5. The van der Waals surface area contributed by atoms with E-state index in [-0.39, 0.29) is 18.1 Å². The largest absolute Gasteiger partial charge is 0.365 e. The minimum Gasteiger partial charge on any atom is -0.365 e. The fourth-order valence-corrected chi connectivity index (χ4v) is 2.87. The molecule has 2 unspecified atom stereocenters. The second kappa shape index (κ2) is 7.10. The normalized spacial score (nSPS) is 27.1. The molecule has 2 fully saturated rings. The number of piperidine rings is 1. The van der Waals surface area contributed by atoms with Crippen molar-refractivity contribution in [1.82, 2.24) is 10.6 Å². The summed E-state index contributed by atoms with van der Waals surface area (Å²) in [5.74, 6) is 0.0816. The number of carbonyl (C=O) groups is 1. The SMILES string of the molecule is CCC(OC1CCCC1)C(=O)NC1CCCNC1. The van der Waals surface area contributed by atoms with Gasteiger partial charge in [0.25, 0.3) is 0 Å². The molecule has 1 saturated carbocycles. The van der Waals surface area contributed by atoms with Crippen molar-refractivity contribution < 1.29 is 9.53 Å². The van der Waals surface area contributed by atoms with E-state index in [0.29, 0.717) is 6.10 Å². The maximum Gasteiger partial charge on any atom is 0.249 e. The van der Waals surface area contributed by atoms with Crippen molar-refractivity contribution in [1.29, 1.82) is 0 Å².